The largest absolute Gasteiger partial charge is 0.262 e. The first kappa shape index (κ1) is 10.5. The van der Waals surface area contributed by atoms with E-state index in [0.717, 1.165) is 17.8 Å². The third kappa shape index (κ3) is 1.62. The number of rotatable bonds is 3. The highest BCUT2D eigenvalue weighted by Gasteiger charge is 2.16. The van der Waals surface area contributed by atoms with Crippen molar-refractivity contribution in [2.45, 2.75) is 20.4 Å². The molecule has 0 aliphatic heterocycles. The van der Waals surface area contributed by atoms with Crippen LogP contribution in [0.25, 0.3) is 11.3 Å². The van der Waals surface area contributed by atoms with Gasteiger partial charge >= 0.3 is 0 Å². The van der Waals surface area contributed by atoms with Gasteiger partial charge in [-0.2, -0.15) is 5.10 Å². The minimum Gasteiger partial charge on any atom is -0.262 e. The Labute approximate surface area is 93.9 Å². The zero-order valence-corrected chi connectivity index (χ0v) is 9.34. The van der Waals surface area contributed by atoms with Crippen molar-refractivity contribution in [2.75, 3.05) is 0 Å². The van der Waals surface area contributed by atoms with Crippen molar-refractivity contribution in [1.82, 2.24) is 9.78 Å². The molecule has 0 spiro atoms. The highest BCUT2D eigenvalue weighted by Crippen LogP contribution is 2.32. The fraction of sp³-hybridized carbons (Fsp3) is 0.250. The molecular weight excluding hydrogens is 202 g/mol. The van der Waals surface area contributed by atoms with Crippen molar-refractivity contribution in [3.63, 3.8) is 0 Å². The van der Waals surface area contributed by atoms with Crippen LogP contribution in [0, 0.1) is 11.8 Å². The Balaban J connectivity index is 2.67. The molecule has 1 heterocycles. The van der Waals surface area contributed by atoms with Crippen molar-refractivity contribution in [3.8, 4) is 11.3 Å². The number of nitroso groups, excluding NO2 is 1. The lowest BCUT2D eigenvalue weighted by molar-refractivity contribution is 0.660. The van der Waals surface area contributed by atoms with E-state index in [-0.39, 0.29) is 0 Å². The molecule has 0 radical (unpaired) electrons. The number of aryl methyl sites for hydroxylation is 2. The van der Waals surface area contributed by atoms with Gasteiger partial charge in [0.1, 0.15) is 0 Å². The second-order valence-electron chi connectivity index (χ2n) is 3.56. The number of benzene rings is 1. The quantitative estimate of drug-likeness (QED) is 0.737. The van der Waals surface area contributed by atoms with Crippen molar-refractivity contribution in [2.24, 2.45) is 5.18 Å². The van der Waals surface area contributed by atoms with E-state index in [1.54, 1.807) is 11.6 Å². The van der Waals surface area contributed by atoms with Crippen LogP contribution in [0.5, 0.6) is 0 Å². The summed E-state index contributed by atoms with van der Waals surface area (Å²) in [6.45, 7) is 4.52. The summed E-state index contributed by atoms with van der Waals surface area (Å²) in [6.07, 6.45) is 0. The molecule has 0 aliphatic rings. The smallest absolute Gasteiger partial charge is 0.156 e. The molecule has 16 heavy (non-hydrogen) atoms. The van der Waals surface area contributed by atoms with Crippen molar-refractivity contribution in [1.29, 1.82) is 0 Å². The lowest BCUT2D eigenvalue weighted by Crippen LogP contribution is -1.98. The van der Waals surface area contributed by atoms with E-state index < -0.39 is 0 Å². The summed E-state index contributed by atoms with van der Waals surface area (Å²) < 4.78 is 1.81. The average molecular weight is 215 g/mol. The SMILES string of the molecule is CCn1nc(C)c(N=O)c1-c1ccccc1. The third-order valence-corrected chi connectivity index (χ3v) is 2.53. The van der Waals surface area contributed by atoms with E-state index >= 15 is 0 Å². The summed E-state index contributed by atoms with van der Waals surface area (Å²) in [5.74, 6) is 0. The van der Waals surface area contributed by atoms with Gasteiger partial charge in [-0.3, -0.25) is 4.68 Å². The maximum atomic E-state index is 10.8. The average Bonchev–Trinajstić information content (AvgIpc) is 2.66. The predicted octanol–water partition coefficient (Wildman–Crippen LogP) is 3.28. The molecule has 0 bridgehead atoms. The maximum absolute atomic E-state index is 10.8. The summed E-state index contributed by atoms with van der Waals surface area (Å²) in [7, 11) is 0. The molecule has 2 rings (SSSR count). The number of aromatic nitrogens is 2. The van der Waals surface area contributed by atoms with Gasteiger partial charge in [0.2, 0.25) is 0 Å². The van der Waals surface area contributed by atoms with E-state index in [4.69, 9.17) is 0 Å². The Hall–Kier alpha value is -1.97. The molecule has 0 fully saturated rings. The molecule has 0 aliphatic carbocycles. The Kier molecular flexibility index (Phi) is 2.81. The van der Waals surface area contributed by atoms with E-state index in [9.17, 15) is 4.91 Å². The molecule has 82 valence electrons. The third-order valence-electron chi connectivity index (χ3n) is 2.53. The van der Waals surface area contributed by atoms with Gasteiger partial charge < -0.3 is 0 Å². The molecular formula is C12H13N3O. The van der Waals surface area contributed by atoms with E-state index in [1.807, 2.05) is 37.3 Å². The number of hydrogen-bond acceptors (Lipinski definition) is 3. The molecule has 4 nitrogen and oxygen atoms in total. The van der Waals surface area contributed by atoms with Gasteiger partial charge in [-0.1, -0.05) is 30.3 Å². The predicted molar refractivity (Wildman–Crippen MR) is 63.5 cm³/mol. The molecule has 0 unspecified atom stereocenters. The Bertz CT molecular complexity index is 502. The molecule has 1 aromatic heterocycles. The molecule has 0 saturated heterocycles. The van der Waals surface area contributed by atoms with Gasteiger partial charge in [0.15, 0.2) is 5.69 Å². The minimum atomic E-state index is 0.438. The first-order valence-electron chi connectivity index (χ1n) is 5.24. The lowest BCUT2D eigenvalue weighted by atomic mass is 10.1. The van der Waals surface area contributed by atoms with Gasteiger partial charge in [0.25, 0.3) is 0 Å². The van der Waals surface area contributed by atoms with Gasteiger partial charge in [0.05, 0.1) is 11.4 Å². The normalized spacial score (nSPS) is 10.4. The van der Waals surface area contributed by atoms with Crippen LogP contribution in [-0.4, -0.2) is 9.78 Å². The van der Waals surface area contributed by atoms with Crippen molar-refractivity contribution < 1.29 is 0 Å². The summed E-state index contributed by atoms with van der Waals surface area (Å²) in [4.78, 5) is 10.8. The van der Waals surface area contributed by atoms with E-state index in [0.29, 0.717) is 11.4 Å². The van der Waals surface area contributed by atoms with Crippen LogP contribution >= 0.6 is 0 Å². The molecule has 0 N–H and O–H groups in total. The molecule has 4 heteroatoms. The molecule has 1 aromatic carbocycles. The summed E-state index contributed by atoms with van der Waals surface area (Å²) in [5.41, 5.74) is 2.89. The maximum Gasteiger partial charge on any atom is 0.156 e. The molecule has 0 amide bonds. The summed E-state index contributed by atoms with van der Waals surface area (Å²) >= 11 is 0. The van der Waals surface area contributed by atoms with Gasteiger partial charge in [0, 0.05) is 12.1 Å². The summed E-state index contributed by atoms with van der Waals surface area (Å²) in [6, 6.07) is 9.73. The van der Waals surface area contributed by atoms with E-state index in [1.165, 1.54) is 0 Å². The Morgan fingerprint density at radius 3 is 2.56 bits per heavy atom. The topological polar surface area (TPSA) is 47.2 Å². The van der Waals surface area contributed by atoms with Crippen LogP contribution in [0.3, 0.4) is 0 Å². The zero-order valence-electron chi connectivity index (χ0n) is 9.34. The summed E-state index contributed by atoms with van der Waals surface area (Å²) in [5, 5.41) is 7.38. The van der Waals surface area contributed by atoms with Crippen molar-refractivity contribution in [3.05, 3.63) is 40.9 Å². The van der Waals surface area contributed by atoms with Crippen LogP contribution in [0.1, 0.15) is 12.6 Å². The Morgan fingerprint density at radius 1 is 1.31 bits per heavy atom. The minimum absolute atomic E-state index is 0.438. The second-order valence-corrected chi connectivity index (χ2v) is 3.56. The van der Waals surface area contributed by atoms with Crippen LogP contribution in [0.2, 0.25) is 0 Å². The van der Waals surface area contributed by atoms with Gasteiger partial charge in [-0.15, -0.1) is 4.91 Å². The molecule has 2 aromatic rings. The first-order chi connectivity index (χ1) is 7.77. The second kappa shape index (κ2) is 4.26. The van der Waals surface area contributed by atoms with Gasteiger partial charge in [-0.25, -0.2) is 0 Å². The standard InChI is InChI=1S/C12H13N3O/c1-3-15-12(10-7-5-4-6-8-10)11(14-16)9(2)13-15/h4-8H,3H2,1-2H3. The number of hydrogen-bond donors (Lipinski definition) is 0. The first-order valence-corrected chi connectivity index (χ1v) is 5.24. The lowest BCUT2D eigenvalue weighted by Gasteiger charge is -2.04. The van der Waals surface area contributed by atoms with Crippen LogP contribution in [0.15, 0.2) is 35.5 Å². The highest BCUT2D eigenvalue weighted by atomic mass is 16.3. The number of nitrogens with zero attached hydrogens (tertiary/aromatic N) is 3. The Morgan fingerprint density at radius 2 is 2.00 bits per heavy atom. The van der Waals surface area contributed by atoms with Crippen molar-refractivity contribution >= 4 is 5.69 Å². The molecule has 0 saturated carbocycles. The fourth-order valence-corrected chi connectivity index (χ4v) is 1.79. The highest BCUT2D eigenvalue weighted by molar-refractivity contribution is 5.74. The molecule has 0 atom stereocenters. The van der Waals surface area contributed by atoms with Gasteiger partial charge in [-0.05, 0) is 19.0 Å². The fourth-order valence-electron chi connectivity index (χ4n) is 1.79. The monoisotopic (exact) mass is 215 g/mol. The van der Waals surface area contributed by atoms with Crippen LogP contribution < -0.4 is 0 Å². The van der Waals surface area contributed by atoms with E-state index in [2.05, 4.69) is 10.3 Å². The van der Waals surface area contributed by atoms with Crippen LogP contribution in [0.4, 0.5) is 5.69 Å². The van der Waals surface area contributed by atoms with Crippen LogP contribution in [-0.2, 0) is 6.54 Å². The zero-order chi connectivity index (χ0) is 11.5.